The highest BCUT2D eigenvalue weighted by atomic mass is 16.5. The molecule has 0 bridgehead atoms. The minimum absolute atomic E-state index is 0.0922. The Labute approximate surface area is 76.0 Å². The van der Waals surface area contributed by atoms with Crippen LogP contribution in [0.15, 0.2) is 0 Å². The molecule has 0 spiro atoms. The maximum atomic E-state index is 10.7. The summed E-state index contributed by atoms with van der Waals surface area (Å²) >= 11 is 0. The second-order valence-corrected chi connectivity index (χ2v) is 2.76. The van der Waals surface area contributed by atoms with Gasteiger partial charge in [-0.3, -0.25) is 0 Å². The summed E-state index contributed by atoms with van der Waals surface area (Å²) in [6.07, 6.45) is 0. The van der Waals surface area contributed by atoms with Crippen LogP contribution in [0.25, 0.3) is 0 Å². The highest BCUT2D eigenvalue weighted by molar-refractivity contribution is 5.86. The van der Waals surface area contributed by atoms with E-state index in [4.69, 9.17) is 9.84 Å². The monoisotopic (exact) mass is 184 g/mol. The van der Waals surface area contributed by atoms with Crippen LogP contribution in [0.3, 0.4) is 0 Å². The number of hydrogen-bond acceptors (Lipinski definition) is 3. The van der Waals surface area contributed by atoms with Gasteiger partial charge in [0.15, 0.2) is 5.69 Å². The zero-order chi connectivity index (χ0) is 10.0. The molecule has 5 nitrogen and oxygen atoms in total. The van der Waals surface area contributed by atoms with Crippen molar-refractivity contribution in [2.75, 3.05) is 7.11 Å². The Morgan fingerprint density at radius 3 is 2.69 bits per heavy atom. The summed E-state index contributed by atoms with van der Waals surface area (Å²) in [5.41, 5.74) is 0.731. The van der Waals surface area contributed by atoms with Gasteiger partial charge < -0.3 is 14.4 Å². The average Bonchev–Trinajstić information content (AvgIpc) is 2.33. The number of nitrogens with zero attached hydrogens (tertiary/aromatic N) is 2. The second-order valence-electron chi connectivity index (χ2n) is 2.76. The third-order valence-electron chi connectivity index (χ3n) is 1.95. The first kappa shape index (κ1) is 9.73. The number of ether oxygens (including phenoxy) is 1. The summed E-state index contributed by atoms with van der Waals surface area (Å²) in [5, 5.41) is 8.76. The molecule has 1 N–H and O–H groups in total. The summed E-state index contributed by atoms with van der Waals surface area (Å²) in [6, 6.07) is 0. The van der Waals surface area contributed by atoms with Crippen LogP contribution in [0.2, 0.25) is 0 Å². The van der Waals surface area contributed by atoms with Crippen LogP contribution in [0.4, 0.5) is 0 Å². The van der Waals surface area contributed by atoms with Crippen LogP contribution in [0, 0.1) is 6.92 Å². The molecule has 72 valence electrons. The van der Waals surface area contributed by atoms with Gasteiger partial charge in [-0.05, 0) is 6.92 Å². The number of aromatic carboxylic acids is 1. The Balaban J connectivity index is 3.12. The normalized spacial score (nSPS) is 10.4. The fourth-order valence-electron chi connectivity index (χ4n) is 1.10. The first-order valence-corrected chi connectivity index (χ1v) is 3.82. The maximum Gasteiger partial charge on any atom is 0.356 e. The van der Waals surface area contributed by atoms with Crippen LogP contribution in [0.1, 0.15) is 22.0 Å². The van der Waals surface area contributed by atoms with Crippen LogP contribution in [-0.2, 0) is 18.4 Å². The minimum atomic E-state index is -1.00. The molecule has 13 heavy (non-hydrogen) atoms. The van der Waals surface area contributed by atoms with E-state index in [2.05, 4.69) is 4.98 Å². The van der Waals surface area contributed by atoms with Crippen molar-refractivity contribution in [3.8, 4) is 0 Å². The van der Waals surface area contributed by atoms with Crippen molar-refractivity contribution in [3.63, 3.8) is 0 Å². The molecule has 0 aliphatic heterocycles. The van der Waals surface area contributed by atoms with E-state index in [1.54, 1.807) is 25.6 Å². The number of aromatic nitrogens is 2. The summed E-state index contributed by atoms with van der Waals surface area (Å²) < 4.78 is 6.60. The van der Waals surface area contributed by atoms with Crippen molar-refractivity contribution in [1.82, 2.24) is 9.55 Å². The largest absolute Gasteiger partial charge is 0.476 e. The lowest BCUT2D eigenvalue weighted by Gasteiger charge is -2.00. The first-order valence-electron chi connectivity index (χ1n) is 3.82. The van der Waals surface area contributed by atoms with Crippen molar-refractivity contribution >= 4 is 5.97 Å². The Morgan fingerprint density at radius 1 is 1.69 bits per heavy atom. The van der Waals surface area contributed by atoms with E-state index >= 15 is 0 Å². The number of carbonyl (C=O) groups is 1. The van der Waals surface area contributed by atoms with E-state index in [1.165, 1.54) is 0 Å². The molecule has 0 aliphatic rings. The summed E-state index contributed by atoms with van der Waals surface area (Å²) in [7, 11) is 3.31. The second kappa shape index (κ2) is 3.57. The zero-order valence-corrected chi connectivity index (χ0v) is 7.87. The number of hydrogen-bond donors (Lipinski definition) is 1. The Kier molecular flexibility index (Phi) is 2.67. The molecule has 0 saturated carbocycles. The van der Waals surface area contributed by atoms with Crippen molar-refractivity contribution < 1.29 is 14.6 Å². The Hall–Kier alpha value is -1.36. The zero-order valence-electron chi connectivity index (χ0n) is 7.87. The molecule has 1 rings (SSSR count). The molecule has 0 aromatic carbocycles. The summed E-state index contributed by atoms with van der Waals surface area (Å²) in [4.78, 5) is 14.6. The summed E-state index contributed by atoms with van der Waals surface area (Å²) in [6.45, 7) is 2.04. The van der Waals surface area contributed by atoms with Crippen molar-refractivity contribution in [2.45, 2.75) is 13.5 Å². The van der Waals surface area contributed by atoms with E-state index in [9.17, 15) is 4.79 Å². The predicted octanol–water partition coefficient (Wildman–Crippen LogP) is 0.573. The van der Waals surface area contributed by atoms with Crippen molar-refractivity contribution in [2.24, 2.45) is 7.05 Å². The van der Waals surface area contributed by atoms with Crippen molar-refractivity contribution in [3.05, 3.63) is 17.2 Å². The van der Waals surface area contributed by atoms with Gasteiger partial charge in [-0.25, -0.2) is 9.78 Å². The van der Waals surface area contributed by atoms with Crippen LogP contribution < -0.4 is 0 Å². The molecule has 0 unspecified atom stereocenters. The van der Waals surface area contributed by atoms with Crippen LogP contribution in [-0.4, -0.2) is 27.7 Å². The molecule has 0 radical (unpaired) electrons. The van der Waals surface area contributed by atoms with Gasteiger partial charge in [0.25, 0.3) is 0 Å². The highest BCUT2D eigenvalue weighted by Gasteiger charge is 2.15. The van der Waals surface area contributed by atoms with E-state index < -0.39 is 5.97 Å². The lowest BCUT2D eigenvalue weighted by Crippen LogP contribution is -2.01. The Bertz CT molecular complexity index is 330. The van der Waals surface area contributed by atoms with E-state index in [0.717, 1.165) is 0 Å². The standard InChI is InChI=1S/C8H12N2O3/c1-5-7(8(11)12)9-6(4-13-3)10(5)2/h4H2,1-3H3,(H,11,12). The lowest BCUT2D eigenvalue weighted by molar-refractivity contribution is 0.0689. The first-order chi connectivity index (χ1) is 6.07. The molecule has 5 heteroatoms. The lowest BCUT2D eigenvalue weighted by atomic mass is 10.3. The van der Waals surface area contributed by atoms with Gasteiger partial charge >= 0.3 is 5.97 Å². The fraction of sp³-hybridized carbons (Fsp3) is 0.500. The van der Waals surface area contributed by atoms with Gasteiger partial charge in [0.2, 0.25) is 0 Å². The maximum absolute atomic E-state index is 10.7. The predicted molar refractivity (Wildman–Crippen MR) is 45.6 cm³/mol. The molecule has 0 fully saturated rings. The molecule has 1 aromatic heterocycles. The van der Waals surface area contributed by atoms with Gasteiger partial charge in [0.1, 0.15) is 12.4 Å². The number of carboxylic acid groups (broad SMARTS) is 1. The van der Waals surface area contributed by atoms with Crippen molar-refractivity contribution in [1.29, 1.82) is 0 Å². The molecule has 0 atom stereocenters. The average molecular weight is 184 g/mol. The van der Waals surface area contributed by atoms with E-state index in [-0.39, 0.29) is 5.69 Å². The topological polar surface area (TPSA) is 64.3 Å². The highest BCUT2D eigenvalue weighted by Crippen LogP contribution is 2.09. The van der Waals surface area contributed by atoms with Gasteiger partial charge in [0, 0.05) is 19.9 Å². The third-order valence-corrected chi connectivity index (χ3v) is 1.95. The molecule has 1 heterocycles. The van der Waals surface area contributed by atoms with Gasteiger partial charge in [-0.1, -0.05) is 0 Å². The van der Waals surface area contributed by atoms with E-state index in [1.807, 2.05) is 0 Å². The SMILES string of the molecule is COCc1nc(C(=O)O)c(C)n1C. The van der Waals surface area contributed by atoms with Gasteiger partial charge in [0.05, 0.1) is 0 Å². The quantitative estimate of drug-likeness (QED) is 0.746. The smallest absolute Gasteiger partial charge is 0.356 e. The molecule has 0 saturated heterocycles. The number of imidazole rings is 1. The van der Waals surface area contributed by atoms with Gasteiger partial charge in [-0.2, -0.15) is 0 Å². The Morgan fingerprint density at radius 2 is 2.31 bits per heavy atom. The molecule has 0 amide bonds. The number of carboxylic acids is 1. The van der Waals surface area contributed by atoms with Crippen LogP contribution >= 0.6 is 0 Å². The molecular formula is C8H12N2O3. The minimum Gasteiger partial charge on any atom is -0.476 e. The third kappa shape index (κ3) is 1.70. The molecule has 1 aromatic rings. The summed E-state index contributed by atoms with van der Waals surface area (Å²) in [5.74, 6) is -0.382. The number of methoxy groups -OCH3 is 1. The fourth-order valence-corrected chi connectivity index (χ4v) is 1.10. The molecule has 0 aliphatic carbocycles. The van der Waals surface area contributed by atoms with Gasteiger partial charge in [-0.15, -0.1) is 0 Å². The van der Waals surface area contributed by atoms with E-state index in [0.29, 0.717) is 18.1 Å². The molecular weight excluding hydrogens is 172 g/mol. The number of rotatable bonds is 3. The van der Waals surface area contributed by atoms with Crippen LogP contribution in [0.5, 0.6) is 0 Å².